The standard InChI is InChI=1S/C10H10O2S/c1-8(10(11)12)7-13-9-5-3-2-4-6-9/h2-7H,1H3,(H,11,12)/b8-7+. The first-order chi connectivity index (χ1) is 6.20. The Morgan fingerprint density at radius 1 is 1.38 bits per heavy atom. The molecular weight excluding hydrogens is 184 g/mol. The van der Waals surface area contributed by atoms with Crippen LogP contribution in [0.2, 0.25) is 0 Å². The van der Waals surface area contributed by atoms with Gasteiger partial charge in [0, 0.05) is 10.5 Å². The molecule has 0 saturated carbocycles. The van der Waals surface area contributed by atoms with Crippen LogP contribution in [0.5, 0.6) is 0 Å². The molecule has 2 nitrogen and oxygen atoms in total. The lowest BCUT2D eigenvalue weighted by Gasteiger charge is -1.95. The molecule has 0 aliphatic carbocycles. The Labute approximate surface area is 81.3 Å². The predicted octanol–water partition coefficient (Wildman–Crippen LogP) is 2.77. The van der Waals surface area contributed by atoms with Crippen molar-refractivity contribution in [2.45, 2.75) is 11.8 Å². The summed E-state index contributed by atoms with van der Waals surface area (Å²) in [7, 11) is 0. The van der Waals surface area contributed by atoms with Gasteiger partial charge >= 0.3 is 5.97 Å². The zero-order chi connectivity index (χ0) is 9.68. The Hall–Kier alpha value is -1.22. The Morgan fingerprint density at radius 2 is 2.00 bits per heavy atom. The van der Waals surface area contributed by atoms with Gasteiger partial charge in [-0.25, -0.2) is 4.79 Å². The number of carboxylic acids is 1. The molecule has 1 N–H and O–H groups in total. The van der Waals surface area contributed by atoms with E-state index in [1.165, 1.54) is 11.8 Å². The van der Waals surface area contributed by atoms with Crippen LogP contribution in [0.25, 0.3) is 0 Å². The van der Waals surface area contributed by atoms with Crippen LogP contribution >= 0.6 is 11.8 Å². The van der Waals surface area contributed by atoms with Crippen molar-refractivity contribution >= 4 is 17.7 Å². The molecule has 0 saturated heterocycles. The number of rotatable bonds is 3. The van der Waals surface area contributed by atoms with Crippen LogP contribution in [0.4, 0.5) is 0 Å². The van der Waals surface area contributed by atoms with Gasteiger partial charge in [0.2, 0.25) is 0 Å². The minimum atomic E-state index is -0.872. The van der Waals surface area contributed by atoms with E-state index in [2.05, 4.69) is 0 Å². The minimum Gasteiger partial charge on any atom is -0.478 e. The van der Waals surface area contributed by atoms with E-state index in [0.29, 0.717) is 5.57 Å². The van der Waals surface area contributed by atoms with E-state index in [9.17, 15) is 4.79 Å². The van der Waals surface area contributed by atoms with Crippen LogP contribution in [-0.4, -0.2) is 11.1 Å². The highest BCUT2D eigenvalue weighted by Gasteiger charge is 1.98. The minimum absolute atomic E-state index is 0.355. The van der Waals surface area contributed by atoms with Crippen molar-refractivity contribution in [1.82, 2.24) is 0 Å². The van der Waals surface area contributed by atoms with Gasteiger partial charge < -0.3 is 5.11 Å². The van der Waals surface area contributed by atoms with Gasteiger partial charge in [0.15, 0.2) is 0 Å². The monoisotopic (exact) mass is 194 g/mol. The topological polar surface area (TPSA) is 37.3 Å². The summed E-state index contributed by atoms with van der Waals surface area (Å²) in [5.74, 6) is -0.872. The summed E-state index contributed by atoms with van der Waals surface area (Å²) in [5, 5.41) is 10.2. The third kappa shape index (κ3) is 3.34. The highest BCUT2D eigenvalue weighted by molar-refractivity contribution is 8.02. The van der Waals surface area contributed by atoms with Crippen molar-refractivity contribution in [2.75, 3.05) is 0 Å². The van der Waals surface area contributed by atoms with Crippen LogP contribution in [0.1, 0.15) is 6.92 Å². The summed E-state index contributed by atoms with van der Waals surface area (Å²) < 4.78 is 0. The van der Waals surface area contributed by atoms with Crippen molar-refractivity contribution in [1.29, 1.82) is 0 Å². The number of benzene rings is 1. The SMILES string of the molecule is C/C(=C\Sc1ccccc1)C(=O)O. The molecule has 0 aromatic heterocycles. The van der Waals surface area contributed by atoms with Gasteiger partial charge in [-0.05, 0) is 24.5 Å². The molecule has 0 fully saturated rings. The normalized spacial score (nSPS) is 11.3. The zero-order valence-electron chi connectivity index (χ0n) is 7.23. The van der Waals surface area contributed by atoms with E-state index in [4.69, 9.17) is 5.11 Å². The van der Waals surface area contributed by atoms with Gasteiger partial charge in [-0.1, -0.05) is 30.0 Å². The summed E-state index contributed by atoms with van der Waals surface area (Å²) in [6.07, 6.45) is 0. The Bertz CT molecular complexity index is 317. The van der Waals surface area contributed by atoms with Gasteiger partial charge in [0.25, 0.3) is 0 Å². The molecule has 1 aromatic rings. The smallest absolute Gasteiger partial charge is 0.331 e. The average molecular weight is 194 g/mol. The highest BCUT2D eigenvalue weighted by Crippen LogP contribution is 2.19. The molecule has 13 heavy (non-hydrogen) atoms. The number of aliphatic carboxylic acids is 1. The van der Waals surface area contributed by atoms with E-state index < -0.39 is 5.97 Å². The van der Waals surface area contributed by atoms with Crippen LogP contribution in [0.3, 0.4) is 0 Å². The molecule has 68 valence electrons. The maximum atomic E-state index is 10.4. The second kappa shape index (κ2) is 4.72. The second-order valence-electron chi connectivity index (χ2n) is 2.54. The molecule has 0 radical (unpaired) electrons. The maximum absolute atomic E-state index is 10.4. The third-order valence-electron chi connectivity index (χ3n) is 1.45. The van der Waals surface area contributed by atoms with Gasteiger partial charge in [0.05, 0.1) is 0 Å². The van der Waals surface area contributed by atoms with E-state index in [1.807, 2.05) is 30.3 Å². The Balaban J connectivity index is 2.62. The van der Waals surface area contributed by atoms with Gasteiger partial charge in [-0.3, -0.25) is 0 Å². The number of hydrogen-bond donors (Lipinski definition) is 1. The molecule has 0 aliphatic rings. The summed E-state index contributed by atoms with van der Waals surface area (Å²) >= 11 is 1.41. The molecule has 0 aliphatic heterocycles. The van der Waals surface area contributed by atoms with Crippen molar-refractivity contribution in [3.05, 3.63) is 41.3 Å². The van der Waals surface area contributed by atoms with Crippen LogP contribution < -0.4 is 0 Å². The summed E-state index contributed by atoms with van der Waals surface area (Å²) in [6.45, 7) is 1.58. The summed E-state index contributed by atoms with van der Waals surface area (Å²) in [6, 6.07) is 9.66. The fourth-order valence-corrected chi connectivity index (χ4v) is 1.43. The van der Waals surface area contributed by atoms with Crippen molar-refractivity contribution in [2.24, 2.45) is 0 Å². The molecule has 0 unspecified atom stereocenters. The third-order valence-corrected chi connectivity index (χ3v) is 2.47. The summed E-state index contributed by atoms with van der Waals surface area (Å²) in [4.78, 5) is 11.5. The lowest BCUT2D eigenvalue weighted by atomic mass is 10.4. The van der Waals surface area contributed by atoms with E-state index in [-0.39, 0.29) is 0 Å². The number of carboxylic acid groups (broad SMARTS) is 1. The van der Waals surface area contributed by atoms with Crippen molar-refractivity contribution < 1.29 is 9.90 Å². The quantitative estimate of drug-likeness (QED) is 0.594. The molecule has 0 bridgehead atoms. The Morgan fingerprint density at radius 3 is 2.54 bits per heavy atom. The average Bonchev–Trinajstić information content (AvgIpc) is 2.15. The van der Waals surface area contributed by atoms with Gasteiger partial charge in [-0.15, -0.1) is 0 Å². The molecule has 1 aromatic carbocycles. The molecule has 0 amide bonds. The fraction of sp³-hybridized carbons (Fsp3) is 0.100. The number of thioether (sulfide) groups is 1. The van der Waals surface area contributed by atoms with E-state index in [1.54, 1.807) is 12.3 Å². The molecule has 3 heteroatoms. The van der Waals surface area contributed by atoms with Crippen molar-refractivity contribution in [3.63, 3.8) is 0 Å². The van der Waals surface area contributed by atoms with Crippen LogP contribution in [0.15, 0.2) is 46.2 Å². The number of carbonyl (C=O) groups is 1. The molecule has 0 atom stereocenters. The predicted molar refractivity (Wildman–Crippen MR) is 53.7 cm³/mol. The first kappa shape index (κ1) is 9.86. The van der Waals surface area contributed by atoms with Gasteiger partial charge in [-0.2, -0.15) is 0 Å². The lowest BCUT2D eigenvalue weighted by Crippen LogP contribution is -1.94. The lowest BCUT2D eigenvalue weighted by molar-refractivity contribution is -0.132. The van der Waals surface area contributed by atoms with Crippen LogP contribution in [-0.2, 0) is 4.79 Å². The van der Waals surface area contributed by atoms with E-state index >= 15 is 0 Å². The van der Waals surface area contributed by atoms with Crippen molar-refractivity contribution in [3.8, 4) is 0 Å². The molecule has 1 rings (SSSR count). The molecule has 0 heterocycles. The fourth-order valence-electron chi connectivity index (χ4n) is 0.706. The van der Waals surface area contributed by atoms with E-state index in [0.717, 1.165) is 4.90 Å². The second-order valence-corrected chi connectivity index (χ2v) is 3.48. The zero-order valence-corrected chi connectivity index (χ0v) is 8.04. The maximum Gasteiger partial charge on any atom is 0.331 e. The molecular formula is C10H10O2S. The first-order valence-corrected chi connectivity index (χ1v) is 4.70. The number of hydrogen-bond acceptors (Lipinski definition) is 2. The highest BCUT2D eigenvalue weighted by atomic mass is 32.2. The first-order valence-electron chi connectivity index (χ1n) is 3.82. The molecule has 0 spiro atoms. The van der Waals surface area contributed by atoms with Crippen LogP contribution in [0, 0.1) is 0 Å². The summed E-state index contributed by atoms with van der Waals surface area (Å²) in [5.41, 5.74) is 0.355. The largest absolute Gasteiger partial charge is 0.478 e. The Kier molecular flexibility index (Phi) is 3.58. The van der Waals surface area contributed by atoms with Gasteiger partial charge in [0.1, 0.15) is 0 Å².